The molecule has 3 N–H and O–H groups in total. The summed E-state index contributed by atoms with van der Waals surface area (Å²) in [6.45, 7) is 0.332. The molecule has 2 aromatic heterocycles. The summed E-state index contributed by atoms with van der Waals surface area (Å²) < 4.78 is 1.80. The largest absolute Gasteiger partial charge is 0.478 e. The van der Waals surface area contributed by atoms with Crippen LogP contribution < -0.4 is 5.73 Å². The van der Waals surface area contributed by atoms with E-state index in [0.29, 0.717) is 17.6 Å². The summed E-state index contributed by atoms with van der Waals surface area (Å²) >= 11 is 0. The summed E-state index contributed by atoms with van der Waals surface area (Å²) in [7, 11) is 0. The molecule has 14 heavy (non-hydrogen) atoms. The fourth-order valence-corrected chi connectivity index (χ4v) is 1.55. The molecule has 0 radical (unpaired) electrons. The van der Waals surface area contributed by atoms with Crippen molar-refractivity contribution in [2.45, 2.75) is 6.54 Å². The highest BCUT2D eigenvalue weighted by Crippen LogP contribution is 2.16. The van der Waals surface area contributed by atoms with Gasteiger partial charge in [-0.3, -0.25) is 0 Å². The van der Waals surface area contributed by atoms with Crippen molar-refractivity contribution >= 4 is 11.5 Å². The van der Waals surface area contributed by atoms with Crippen LogP contribution in [0, 0.1) is 0 Å². The quantitative estimate of drug-likeness (QED) is 0.745. The van der Waals surface area contributed by atoms with Crippen LogP contribution in [-0.2, 0) is 6.54 Å². The predicted octanol–water partition coefficient (Wildman–Crippen LogP) is 1.10. The minimum Gasteiger partial charge on any atom is -0.478 e. The van der Waals surface area contributed by atoms with Crippen LogP contribution in [-0.4, -0.2) is 15.5 Å². The molecule has 0 aromatic carbocycles. The van der Waals surface area contributed by atoms with Crippen molar-refractivity contribution in [1.29, 1.82) is 0 Å². The summed E-state index contributed by atoms with van der Waals surface area (Å²) in [5.41, 5.74) is 7.30. The Morgan fingerprint density at radius 2 is 2.29 bits per heavy atom. The Morgan fingerprint density at radius 1 is 1.50 bits per heavy atom. The fourth-order valence-electron chi connectivity index (χ4n) is 1.55. The summed E-state index contributed by atoms with van der Waals surface area (Å²) in [5, 5.41) is 8.94. The van der Waals surface area contributed by atoms with E-state index in [1.807, 2.05) is 18.3 Å². The highest BCUT2D eigenvalue weighted by Gasteiger charge is 2.12. The van der Waals surface area contributed by atoms with Crippen LogP contribution >= 0.6 is 0 Å². The zero-order valence-corrected chi connectivity index (χ0v) is 7.47. The molecule has 2 heterocycles. The van der Waals surface area contributed by atoms with Crippen molar-refractivity contribution in [3.63, 3.8) is 0 Å². The lowest BCUT2D eigenvalue weighted by Crippen LogP contribution is -1.99. The molecule has 0 unspecified atom stereocenters. The van der Waals surface area contributed by atoms with Gasteiger partial charge in [-0.2, -0.15) is 0 Å². The second kappa shape index (κ2) is 3.16. The topological polar surface area (TPSA) is 67.7 Å². The lowest BCUT2D eigenvalue weighted by Gasteiger charge is -1.97. The molecule has 0 aliphatic heterocycles. The van der Waals surface area contributed by atoms with E-state index >= 15 is 0 Å². The van der Waals surface area contributed by atoms with E-state index in [1.165, 1.54) is 0 Å². The predicted molar refractivity (Wildman–Crippen MR) is 52.2 cm³/mol. The average molecular weight is 190 g/mol. The molecule has 72 valence electrons. The van der Waals surface area contributed by atoms with E-state index in [2.05, 4.69) is 0 Å². The Kier molecular flexibility index (Phi) is 1.98. The van der Waals surface area contributed by atoms with E-state index < -0.39 is 5.97 Å². The maximum atomic E-state index is 10.9. The van der Waals surface area contributed by atoms with E-state index in [-0.39, 0.29) is 0 Å². The van der Waals surface area contributed by atoms with Gasteiger partial charge in [-0.05, 0) is 18.2 Å². The molecule has 0 saturated carbocycles. The third-order valence-electron chi connectivity index (χ3n) is 2.20. The smallest absolute Gasteiger partial charge is 0.337 e. The first kappa shape index (κ1) is 8.77. The molecule has 0 bridgehead atoms. The monoisotopic (exact) mass is 190 g/mol. The number of rotatable bonds is 2. The third-order valence-corrected chi connectivity index (χ3v) is 2.20. The Hall–Kier alpha value is -1.81. The molecule has 0 spiro atoms. The Bertz CT molecular complexity index is 488. The molecule has 0 aliphatic carbocycles. The molecule has 0 fully saturated rings. The van der Waals surface area contributed by atoms with Crippen molar-refractivity contribution in [2.75, 3.05) is 0 Å². The molecule has 4 nitrogen and oxygen atoms in total. The lowest BCUT2D eigenvalue weighted by atomic mass is 10.2. The van der Waals surface area contributed by atoms with E-state index in [0.717, 1.165) is 5.69 Å². The van der Waals surface area contributed by atoms with Gasteiger partial charge in [0.2, 0.25) is 0 Å². The number of aromatic carboxylic acids is 1. The maximum Gasteiger partial charge on any atom is 0.337 e. The van der Waals surface area contributed by atoms with E-state index in [9.17, 15) is 4.79 Å². The van der Waals surface area contributed by atoms with Crippen molar-refractivity contribution in [3.8, 4) is 0 Å². The number of carboxylic acids is 1. The molecule has 0 aliphatic rings. The first-order chi connectivity index (χ1) is 6.74. The standard InChI is InChI=1S/C10H10N2O2/c11-6-7-5-8(10(13)14)9-3-1-2-4-12(7)9/h1-5H,6,11H2,(H,13,14). The minimum absolute atomic E-state index is 0.297. The zero-order chi connectivity index (χ0) is 10.1. The van der Waals surface area contributed by atoms with Gasteiger partial charge in [-0.25, -0.2) is 4.79 Å². The second-order valence-corrected chi connectivity index (χ2v) is 3.01. The first-order valence-electron chi connectivity index (χ1n) is 4.26. The number of hydrogen-bond donors (Lipinski definition) is 2. The van der Waals surface area contributed by atoms with Gasteiger partial charge in [0, 0.05) is 18.4 Å². The SMILES string of the molecule is NCc1cc(C(=O)O)c2ccccn12. The van der Waals surface area contributed by atoms with Gasteiger partial charge in [-0.1, -0.05) is 6.07 Å². The van der Waals surface area contributed by atoms with Gasteiger partial charge < -0.3 is 15.2 Å². The van der Waals surface area contributed by atoms with Crippen molar-refractivity contribution in [3.05, 3.63) is 41.7 Å². The van der Waals surface area contributed by atoms with Crippen LogP contribution in [0.15, 0.2) is 30.5 Å². The van der Waals surface area contributed by atoms with Gasteiger partial charge in [0.15, 0.2) is 0 Å². The summed E-state index contributed by atoms with van der Waals surface area (Å²) in [6.07, 6.45) is 1.81. The van der Waals surface area contributed by atoms with Crippen molar-refractivity contribution < 1.29 is 9.90 Å². The number of aromatic nitrogens is 1. The average Bonchev–Trinajstić information content (AvgIpc) is 2.56. The van der Waals surface area contributed by atoms with Gasteiger partial charge in [-0.15, -0.1) is 0 Å². The lowest BCUT2D eigenvalue weighted by molar-refractivity contribution is 0.0699. The number of nitrogens with zero attached hydrogens (tertiary/aromatic N) is 1. The Morgan fingerprint density at radius 3 is 2.93 bits per heavy atom. The summed E-state index contributed by atoms with van der Waals surface area (Å²) in [4.78, 5) is 10.9. The normalized spacial score (nSPS) is 10.6. The van der Waals surface area contributed by atoms with Gasteiger partial charge >= 0.3 is 5.97 Å². The molecule has 0 amide bonds. The number of carbonyl (C=O) groups is 1. The number of carboxylic acid groups (broad SMARTS) is 1. The molecule has 4 heteroatoms. The van der Waals surface area contributed by atoms with Crippen LogP contribution in [0.1, 0.15) is 16.1 Å². The van der Waals surface area contributed by atoms with Gasteiger partial charge in [0.05, 0.1) is 11.1 Å². The molecule has 0 atom stereocenters. The Balaban J connectivity index is 2.80. The molecular weight excluding hydrogens is 180 g/mol. The van der Waals surface area contributed by atoms with Gasteiger partial charge in [0.1, 0.15) is 0 Å². The molecule has 2 aromatic rings. The highest BCUT2D eigenvalue weighted by atomic mass is 16.4. The number of pyridine rings is 1. The van der Waals surface area contributed by atoms with Crippen LogP contribution in [0.25, 0.3) is 5.52 Å². The zero-order valence-electron chi connectivity index (χ0n) is 7.47. The van der Waals surface area contributed by atoms with Gasteiger partial charge in [0.25, 0.3) is 0 Å². The minimum atomic E-state index is -0.923. The summed E-state index contributed by atoms with van der Waals surface area (Å²) in [5.74, 6) is -0.923. The third kappa shape index (κ3) is 1.16. The van der Waals surface area contributed by atoms with Crippen LogP contribution in [0.3, 0.4) is 0 Å². The van der Waals surface area contributed by atoms with Crippen molar-refractivity contribution in [2.24, 2.45) is 5.73 Å². The molecule has 2 rings (SSSR count). The first-order valence-corrected chi connectivity index (χ1v) is 4.26. The van der Waals surface area contributed by atoms with Crippen molar-refractivity contribution in [1.82, 2.24) is 4.40 Å². The fraction of sp³-hybridized carbons (Fsp3) is 0.100. The van der Waals surface area contributed by atoms with Crippen LogP contribution in [0.4, 0.5) is 0 Å². The van der Waals surface area contributed by atoms with E-state index in [1.54, 1.807) is 16.5 Å². The highest BCUT2D eigenvalue weighted by molar-refractivity contribution is 5.96. The second-order valence-electron chi connectivity index (χ2n) is 3.01. The van der Waals surface area contributed by atoms with E-state index in [4.69, 9.17) is 10.8 Å². The molecule has 0 saturated heterocycles. The number of hydrogen-bond acceptors (Lipinski definition) is 2. The summed E-state index contributed by atoms with van der Waals surface area (Å²) in [6, 6.07) is 7.03. The maximum absolute atomic E-state index is 10.9. The van der Waals surface area contributed by atoms with Crippen LogP contribution in [0.2, 0.25) is 0 Å². The molecular formula is C10H10N2O2. The Labute approximate surface area is 80.6 Å². The number of nitrogens with two attached hydrogens (primary N) is 1. The van der Waals surface area contributed by atoms with Crippen LogP contribution in [0.5, 0.6) is 0 Å². The number of fused-ring (bicyclic) bond motifs is 1.